The predicted molar refractivity (Wildman–Crippen MR) is 126 cm³/mol. The molecule has 0 aliphatic carbocycles. The molecular formula is C22H24FN5O3S2. The van der Waals surface area contributed by atoms with Gasteiger partial charge in [-0.1, -0.05) is 30.0 Å². The van der Waals surface area contributed by atoms with Crippen molar-refractivity contribution in [2.24, 2.45) is 0 Å². The van der Waals surface area contributed by atoms with Crippen LogP contribution in [0.1, 0.15) is 6.92 Å². The highest BCUT2D eigenvalue weighted by molar-refractivity contribution is 7.99. The van der Waals surface area contributed by atoms with E-state index in [-0.39, 0.29) is 42.7 Å². The number of anilines is 1. The third kappa shape index (κ3) is 5.26. The van der Waals surface area contributed by atoms with Gasteiger partial charge in [-0.3, -0.25) is 4.79 Å². The third-order valence-corrected chi connectivity index (χ3v) is 8.00. The van der Waals surface area contributed by atoms with Crippen molar-refractivity contribution >= 4 is 44.4 Å². The standard InChI is InChI=1S/C22H24FN5O3S2/c1-2-24-21-18-8-3-4-9-19(18)25-22(26-21)32-15-20(29)27-10-12-28(13-11-27)33(30,31)17-7-5-6-16(23)14-17/h3-9,14H,2,10-13,15H2,1H3,(H,24,25,26). The second kappa shape index (κ2) is 10.0. The average Bonchev–Trinajstić information content (AvgIpc) is 2.83. The van der Waals surface area contributed by atoms with E-state index < -0.39 is 15.8 Å². The van der Waals surface area contributed by atoms with E-state index in [1.165, 1.54) is 34.3 Å². The van der Waals surface area contributed by atoms with Crippen molar-refractivity contribution in [2.75, 3.05) is 43.8 Å². The summed E-state index contributed by atoms with van der Waals surface area (Å²) < 4.78 is 40.2. The van der Waals surface area contributed by atoms with Crippen molar-refractivity contribution in [1.29, 1.82) is 0 Å². The molecule has 1 N–H and O–H groups in total. The lowest BCUT2D eigenvalue weighted by Crippen LogP contribution is -2.51. The number of rotatable bonds is 7. The van der Waals surface area contributed by atoms with Crippen LogP contribution in [0.4, 0.5) is 10.2 Å². The van der Waals surface area contributed by atoms with E-state index in [1.807, 2.05) is 31.2 Å². The van der Waals surface area contributed by atoms with E-state index in [2.05, 4.69) is 15.3 Å². The fourth-order valence-corrected chi connectivity index (χ4v) is 5.80. The summed E-state index contributed by atoms with van der Waals surface area (Å²) in [5.74, 6) is 0.175. The Kier molecular flexibility index (Phi) is 7.11. The Morgan fingerprint density at radius 2 is 1.85 bits per heavy atom. The van der Waals surface area contributed by atoms with E-state index in [4.69, 9.17) is 0 Å². The number of sulfonamides is 1. The molecule has 0 radical (unpaired) electrons. The Balaban J connectivity index is 1.37. The van der Waals surface area contributed by atoms with Gasteiger partial charge in [0.15, 0.2) is 5.16 Å². The van der Waals surface area contributed by atoms with Gasteiger partial charge in [-0.25, -0.2) is 22.8 Å². The van der Waals surface area contributed by atoms with Crippen LogP contribution >= 0.6 is 11.8 Å². The summed E-state index contributed by atoms with van der Waals surface area (Å²) in [6, 6.07) is 12.6. The minimum Gasteiger partial charge on any atom is -0.370 e. The van der Waals surface area contributed by atoms with Gasteiger partial charge in [0.05, 0.1) is 16.2 Å². The topological polar surface area (TPSA) is 95.5 Å². The summed E-state index contributed by atoms with van der Waals surface area (Å²) in [6.07, 6.45) is 0. The van der Waals surface area contributed by atoms with Crippen LogP contribution in [0.2, 0.25) is 0 Å². The van der Waals surface area contributed by atoms with Crippen molar-refractivity contribution in [1.82, 2.24) is 19.2 Å². The highest BCUT2D eigenvalue weighted by Crippen LogP contribution is 2.25. The fraction of sp³-hybridized carbons (Fsp3) is 0.318. The number of amides is 1. The lowest BCUT2D eigenvalue weighted by Gasteiger charge is -2.34. The monoisotopic (exact) mass is 489 g/mol. The number of benzene rings is 2. The number of hydrogen-bond acceptors (Lipinski definition) is 7. The summed E-state index contributed by atoms with van der Waals surface area (Å²) >= 11 is 1.25. The summed E-state index contributed by atoms with van der Waals surface area (Å²) in [5.41, 5.74) is 0.801. The summed E-state index contributed by atoms with van der Waals surface area (Å²) in [5, 5.41) is 4.66. The zero-order valence-electron chi connectivity index (χ0n) is 18.1. The Labute approximate surface area is 196 Å². The van der Waals surface area contributed by atoms with Gasteiger partial charge in [-0.15, -0.1) is 0 Å². The van der Waals surface area contributed by atoms with E-state index in [9.17, 15) is 17.6 Å². The van der Waals surface area contributed by atoms with E-state index in [1.54, 1.807) is 4.90 Å². The largest absolute Gasteiger partial charge is 0.370 e. The molecule has 11 heteroatoms. The molecule has 33 heavy (non-hydrogen) atoms. The Hall–Kier alpha value is -2.76. The number of thioether (sulfide) groups is 1. The van der Waals surface area contributed by atoms with E-state index in [0.29, 0.717) is 11.7 Å². The molecule has 2 heterocycles. The highest BCUT2D eigenvalue weighted by Gasteiger charge is 2.30. The number of para-hydroxylation sites is 1. The first-order chi connectivity index (χ1) is 15.9. The molecular weight excluding hydrogens is 465 g/mol. The van der Waals surface area contributed by atoms with Crippen LogP contribution in [0.25, 0.3) is 10.9 Å². The average molecular weight is 490 g/mol. The van der Waals surface area contributed by atoms with Crippen LogP contribution in [0.5, 0.6) is 0 Å². The van der Waals surface area contributed by atoms with Gasteiger partial charge >= 0.3 is 0 Å². The van der Waals surface area contributed by atoms with Crippen molar-refractivity contribution in [3.8, 4) is 0 Å². The van der Waals surface area contributed by atoms with Crippen molar-refractivity contribution in [3.63, 3.8) is 0 Å². The number of piperazine rings is 1. The van der Waals surface area contributed by atoms with Crippen LogP contribution in [0, 0.1) is 5.82 Å². The molecule has 174 valence electrons. The highest BCUT2D eigenvalue weighted by atomic mass is 32.2. The maximum absolute atomic E-state index is 13.5. The maximum atomic E-state index is 13.5. The first-order valence-electron chi connectivity index (χ1n) is 10.6. The molecule has 2 aromatic carbocycles. The summed E-state index contributed by atoms with van der Waals surface area (Å²) in [4.78, 5) is 23.4. The molecule has 0 saturated carbocycles. The Morgan fingerprint density at radius 3 is 2.58 bits per heavy atom. The molecule has 3 aromatic rings. The second-order valence-corrected chi connectivity index (χ2v) is 10.3. The number of carbonyl (C=O) groups excluding carboxylic acids is 1. The molecule has 1 fully saturated rings. The number of halogens is 1. The second-order valence-electron chi connectivity index (χ2n) is 7.43. The van der Waals surface area contributed by atoms with Crippen LogP contribution in [0.15, 0.2) is 58.6 Å². The van der Waals surface area contributed by atoms with Gasteiger partial charge in [0.1, 0.15) is 11.6 Å². The van der Waals surface area contributed by atoms with E-state index in [0.717, 1.165) is 22.8 Å². The van der Waals surface area contributed by atoms with Crippen molar-refractivity contribution < 1.29 is 17.6 Å². The van der Waals surface area contributed by atoms with Gasteiger partial charge in [-0.05, 0) is 37.3 Å². The first-order valence-corrected chi connectivity index (χ1v) is 13.0. The zero-order valence-corrected chi connectivity index (χ0v) is 19.7. The number of nitrogens with zero attached hydrogens (tertiary/aromatic N) is 4. The zero-order chi connectivity index (χ0) is 23.4. The number of aromatic nitrogens is 2. The van der Waals surface area contributed by atoms with Gasteiger partial charge in [0.25, 0.3) is 0 Å². The number of fused-ring (bicyclic) bond motifs is 1. The molecule has 0 unspecified atom stereocenters. The maximum Gasteiger partial charge on any atom is 0.243 e. The van der Waals surface area contributed by atoms with Gasteiger partial charge in [0.2, 0.25) is 15.9 Å². The van der Waals surface area contributed by atoms with Crippen molar-refractivity contribution in [3.05, 3.63) is 54.3 Å². The molecule has 1 aromatic heterocycles. The van der Waals surface area contributed by atoms with Crippen LogP contribution in [0.3, 0.4) is 0 Å². The van der Waals surface area contributed by atoms with Crippen molar-refractivity contribution in [2.45, 2.75) is 17.0 Å². The molecule has 1 aliphatic heterocycles. The number of carbonyl (C=O) groups is 1. The number of nitrogens with one attached hydrogen (secondary N) is 1. The molecule has 0 bridgehead atoms. The summed E-state index contributed by atoms with van der Waals surface area (Å²) in [7, 11) is -3.80. The lowest BCUT2D eigenvalue weighted by molar-refractivity contribution is -0.129. The molecule has 4 rings (SSSR count). The number of hydrogen-bond donors (Lipinski definition) is 1. The molecule has 1 saturated heterocycles. The molecule has 1 amide bonds. The van der Waals surface area contributed by atoms with Gasteiger partial charge in [-0.2, -0.15) is 4.31 Å². The fourth-order valence-electron chi connectivity index (χ4n) is 3.59. The first kappa shape index (κ1) is 23.4. The molecule has 1 aliphatic rings. The normalized spacial score (nSPS) is 15.0. The quantitative estimate of drug-likeness (QED) is 0.403. The minimum absolute atomic E-state index is 0.0808. The third-order valence-electron chi connectivity index (χ3n) is 5.28. The van der Waals surface area contributed by atoms with Crippen LogP contribution in [-0.2, 0) is 14.8 Å². The summed E-state index contributed by atoms with van der Waals surface area (Å²) in [6.45, 7) is 3.57. The molecule has 0 atom stereocenters. The van der Waals surface area contributed by atoms with Crippen LogP contribution in [-0.4, -0.2) is 72.0 Å². The van der Waals surface area contributed by atoms with Gasteiger partial charge in [0, 0.05) is 38.1 Å². The molecule has 8 nitrogen and oxygen atoms in total. The van der Waals surface area contributed by atoms with E-state index >= 15 is 0 Å². The lowest BCUT2D eigenvalue weighted by atomic mass is 10.2. The Bertz CT molecular complexity index is 1260. The smallest absolute Gasteiger partial charge is 0.243 e. The van der Waals surface area contributed by atoms with Gasteiger partial charge < -0.3 is 10.2 Å². The Morgan fingerprint density at radius 1 is 1.09 bits per heavy atom. The SMILES string of the molecule is CCNc1nc(SCC(=O)N2CCN(S(=O)(=O)c3cccc(F)c3)CC2)nc2ccccc12. The minimum atomic E-state index is -3.80. The molecule has 0 spiro atoms. The predicted octanol–water partition coefficient (Wildman–Crippen LogP) is 2.83. The van der Waals surface area contributed by atoms with Crippen LogP contribution < -0.4 is 5.32 Å².